The number of halogens is 5. The molecule has 12 heteroatoms. The third kappa shape index (κ3) is 3.98. The quantitative estimate of drug-likeness (QED) is 0.569. The predicted molar refractivity (Wildman–Crippen MR) is 80.9 cm³/mol. The van der Waals surface area contributed by atoms with Crippen LogP contribution in [0.2, 0.25) is 0 Å². The van der Waals surface area contributed by atoms with Crippen LogP contribution >= 0.6 is 0 Å². The number of alkyl halides is 5. The molecule has 0 radical (unpaired) electrons. The lowest BCUT2D eigenvalue weighted by Gasteiger charge is -2.37. The van der Waals surface area contributed by atoms with Gasteiger partial charge >= 0.3 is 12.8 Å². The molecule has 1 amide bonds. The van der Waals surface area contributed by atoms with E-state index in [-0.39, 0.29) is 5.75 Å². The number of hydrogen-bond donors (Lipinski definition) is 4. The van der Waals surface area contributed by atoms with Crippen molar-refractivity contribution in [3.05, 3.63) is 29.8 Å². The molecule has 3 rings (SSSR count). The summed E-state index contributed by atoms with van der Waals surface area (Å²) in [4.78, 5) is 12.0. The first-order chi connectivity index (χ1) is 12.6. The maximum atomic E-state index is 13.4. The van der Waals surface area contributed by atoms with Crippen LogP contribution in [-0.4, -0.2) is 47.4 Å². The van der Waals surface area contributed by atoms with E-state index in [1.165, 1.54) is 29.3 Å². The molecule has 4 N–H and O–H groups in total. The highest BCUT2D eigenvalue weighted by atomic mass is 19.4. The van der Waals surface area contributed by atoms with Gasteiger partial charge in [-0.1, -0.05) is 12.1 Å². The molecule has 2 aliphatic heterocycles. The number of carbonyl (C=O) groups excluding carboxylic acids is 1. The van der Waals surface area contributed by atoms with E-state index in [9.17, 15) is 31.9 Å². The van der Waals surface area contributed by atoms with Crippen LogP contribution in [0.4, 0.5) is 22.0 Å². The van der Waals surface area contributed by atoms with Crippen LogP contribution in [0.1, 0.15) is 18.5 Å². The molecule has 1 aromatic rings. The maximum absolute atomic E-state index is 13.4. The second-order valence-electron chi connectivity index (χ2n) is 6.23. The molecule has 150 valence electrons. The topological polar surface area (TPSA) is 85.9 Å². The molecule has 0 bridgehead atoms. The Kier molecular flexibility index (Phi) is 5.25. The van der Waals surface area contributed by atoms with Gasteiger partial charge in [0.1, 0.15) is 11.8 Å². The highest BCUT2D eigenvalue weighted by Gasteiger charge is 2.59. The number of benzene rings is 1. The molecule has 2 fully saturated rings. The molecule has 7 nitrogen and oxygen atoms in total. The molecule has 1 aromatic carbocycles. The predicted octanol–water partition coefficient (Wildman–Crippen LogP) is 1.04. The summed E-state index contributed by atoms with van der Waals surface area (Å²) in [7, 11) is 0. The third-order valence-electron chi connectivity index (χ3n) is 4.56. The van der Waals surface area contributed by atoms with Crippen molar-refractivity contribution in [2.24, 2.45) is 5.92 Å². The molecule has 2 saturated heterocycles. The summed E-state index contributed by atoms with van der Waals surface area (Å²) in [6.07, 6.45) is -7.33. The highest BCUT2D eigenvalue weighted by molar-refractivity contribution is 5.81. The minimum absolute atomic E-state index is 0.0908. The summed E-state index contributed by atoms with van der Waals surface area (Å²) in [6, 6.07) is 2.56. The molecule has 2 heterocycles. The lowest BCUT2D eigenvalue weighted by atomic mass is 9.95. The largest absolute Gasteiger partial charge is 0.435 e. The fraction of sp³-hybridized carbons (Fsp3) is 0.533. The average molecular weight is 396 g/mol. The summed E-state index contributed by atoms with van der Waals surface area (Å²) in [5, 5.41) is 15.4. The number of amides is 1. The molecule has 5 atom stereocenters. The Hall–Kier alpha value is -2.02. The second-order valence-corrected chi connectivity index (χ2v) is 6.23. The lowest BCUT2D eigenvalue weighted by molar-refractivity contribution is -0.172. The van der Waals surface area contributed by atoms with E-state index in [1.807, 2.05) is 5.32 Å². The first-order valence-corrected chi connectivity index (χ1v) is 7.98. The number of aliphatic hydroxyl groups is 1. The number of carbonyl (C=O) groups is 1. The first-order valence-electron chi connectivity index (χ1n) is 7.98. The van der Waals surface area contributed by atoms with E-state index >= 15 is 0 Å². The Balaban J connectivity index is 1.85. The minimum atomic E-state index is -4.70. The number of fused-ring (bicyclic) bond motifs is 1. The molecule has 0 saturated carbocycles. The number of hydrazine groups is 1. The van der Waals surface area contributed by atoms with Gasteiger partial charge in [0.2, 0.25) is 5.91 Å². The third-order valence-corrected chi connectivity index (χ3v) is 4.56. The SMILES string of the molecule is CC(c1ccc(OC(F)F)cc1)N1NC(C(F)(F)F)C2C(=O)NC(O)NC21. The summed E-state index contributed by atoms with van der Waals surface area (Å²) < 4.78 is 68.8. The van der Waals surface area contributed by atoms with Crippen molar-refractivity contribution in [1.29, 1.82) is 0 Å². The Morgan fingerprint density at radius 1 is 1.22 bits per heavy atom. The number of hydrogen-bond acceptors (Lipinski definition) is 6. The zero-order valence-corrected chi connectivity index (χ0v) is 13.9. The Morgan fingerprint density at radius 3 is 2.41 bits per heavy atom. The molecular formula is C15H17F5N4O3. The fourth-order valence-electron chi connectivity index (χ4n) is 3.31. The van der Waals surface area contributed by atoms with E-state index < -0.39 is 49.2 Å². The van der Waals surface area contributed by atoms with Crippen LogP contribution in [0.5, 0.6) is 5.75 Å². The zero-order valence-electron chi connectivity index (χ0n) is 13.9. The van der Waals surface area contributed by atoms with Gasteiger partial charge in [-0.25, -0.2) is 10.4 Å². The van der Waals surface area contributed by atoms with E-state index in [2.05, 4.69) is 15.5 Å². The van der Waals surface area contributed by atoms with Crippen LogP contribution in [0.3, 0.4) is 0 Å². The maximum Gasteiger partial charge on any atom is 0.406 e. The van der Waals surface area contributed by atoms with Crippen molar-refractivity contribution in [2.45, 2.75) is 44.3 Å². The lowest BCUT2D eigenvalue weighted by Crippen LogP contribution is -2.65. The Morgan fingerprint density at radius 2 is 1.85 bits per heavy atom. The standard InChI is InChI=1S/C15H17F5N4O3/c1-6(7-2-4-8(5-3-7)27-13(16)17)24-11-9(10(23-24)15(18,19)20)12(25)22-14(26)21-11/h2-6,9-11,13-14,21,23,26H,1H3,(H,22,25). The first kappa shape index (κ1) is 19.7. The van der Waals surface area contributed by atoms with E-state index in [0.29, 0.717) is 5.56 Å². The van der Waals surface area contributed by atoms with Gasteiger partial charge in [-0.05, 0) is 24.6 Å². The van der Waals surface area contributed by atoms with Crippen molar-refractivity contribution in [3.63, 3.8) is 0 Å². The van der Waals surface area contributed by atoms with Crippen molar-refractivity contribution < 1.29 is 36.6 Å². The summed E-state index contributed by atoms with van der Waals surface area (Å²) in [5.41, 5.74) is 2.79. The van der Waals surface area contributed by atoms with Crippen molar-refractivity contribution in [2.75, 3.05) is 0 Å². The number of ether oxygens (including phenoxy) is 1. The molecule has 27 heavy (non-hydrogen) atoms. The van der Waals surface area contributed by atoms with Gasteiger partial charge in [-0.3, -0.25) is 10.1 Å². The van der Waals surface area contributed by atoms with Crippen LogP contribution in [0, 0.1) is 5.92 Å². The van der Waals surface area contributed by atoms with Gasteiger partial charge in [0.15, 0.2) is 6.35 Å². The van der Waals surface area contributed by atoms with Crippen LogP contribution in [0.25, 0.3) is 0 Å². The molecule has 5 unspecified atom stereocenters. The minimum Gasteiger partial charge on any atom is -0.435 e. The van der Waals surface area contributed by atoms with E-state index in [4.69, 9.17) is 0 Å². The Bertz CT molecular complexity index is 687. The normalized spacial score (nSPS) is 30.1. The number of rotatable bonds is 4. The Labute approximate surface area is 150 Å². The number of nitrogens with one attached hydrogen (secondary N) is 3. The molecule has 0 aliphatic carbocycles. The van der Waals surface area contributed by atoms with Crippen LogP contribution in [0.15, 0.2) is 24.3 Å². The van der Waals surface area contributed by atoms with Crippen molar-refractivity contribution >= 4 is 5.91 Å². The van der Waals surface area contributed by atoms with Crippen molar-refractivity contribution in [1.82, 2.24) is 21.1 Å². The highest BCUT2D eigenvalue weighted by Crippen LogP contribution is 2.38. The molecule has 2 aliphatic rings. The average Bonchev–Trinajstić information content (AvgIpc) is 2.94. The van der Waals surface area contributed by atoms with Crippen molar-refractivity contribution in [3.8, 4) is 5.75 Å². The summed E-state index contributed by atoms with van der Waals surface area (Å²) >= 11 is 0. The van der Waals surface area contributed by atoms with Crippen LogP contribution in [-0.2, 0) is 4.79 Å². The number of nitrogens with zero attached hydrogens (tertiary/aromatic N) is 1. The smallest absolute Gasteiger partial charge is 0.406 e. The summed E-state index contributed by atoms with van der Waals surface area (Å²) in [6.45, 7) is -1.42. The molecule has 0 aromatic heterocycles. The fourth-order valence-corrected chi connectivity index (χ4v) is 3.31. The van der Waals surface area contributed by atoms with Gasteiger partial charge in [0.25, 0.3) is 0 Å². The molecule has 0 spiro atoms. The van der Waals surface area contributed by atoms with Gasteiger partial charge < -0.3 is 15.2 Å². The monoisotopic (exact) mass is 396 g/mol. The molecular weight excluding hydrogens is 379 g/mol. The van der Waals surface area contributed by atoms with Gasteiger partial charge in [0, 0.05) is 6.04 Å². The second kappa shape index (κ2) is 7.19. The van der Waals surface area contributed by atoms with E-state index in [1.54, 1.807) is 6.92 Å². The summed E-state index contributed by atoms with van der Waals surface area (Å²) in [5.74, 6) is -2.54. The van der Waals surface area contributed by atoms with Gasteiger partial charge in [-0.15, -0.1) is 0 Å². The zero-order chi connectivity index (χ0) is 19.9. The number of aliphatic hydroxyl groups excluding tert-OH is 1. The van der Waals surface area contributed by atoms with Crippen LogP contribution < -0.4 is 20.8 Å². The van der Waals surface area contributed by atoms with E-state index in [0.717, 1.165) is 0 Å². The van der Waals surface area contributed by atoms with Gasteiger partial charge in [-0.2, -0.15) is 22.0 Å². The van der Waals surface area contributed by atoms with Gasteiger partial charge in [0.05, 0.1) is 12.1 Å².